The van der Waals surface area contributed by atoms with E-state index >= 15 is 0 Å². The highest BCUT2D eigenvalue weighted by Gasteiger charge is 2.02. The van der Waals surface area contributed by atoms with E-state index in [4.69, 9.17) is 11.6 Å². The molecule has 0 saturated carbocycles. The lowest BCUT2D eigenvalue weighted by Gasteiger charge is -2.11. The predicted octanol–water partition coefficient (Wildman–Crippen LogP) is 3.22. The Balaban J connectivity index is 2.27. The Hall–Kier alpha value is -0.250. The predicted molar refractivity (Wildman–Crippen MR) is 67.7 cm³/mol. The summed E-state index contributed by atoms with van der Waals surface area (Å²) < 4.78 is 0. The van der Waals surface area contributed by atoms with Gasteiger partial charge in [-0.1, -0.05) is 18.5 Å². The summed E-state index contributed by atoms with van der Waals surface area (Å²) in [6.07, 6.45) is 2.86. The first kappa shape index (κ1) is 12.8. The van der Waals surface area contributed by atoms with Crippen molar-refractivity contribution in [3.05, 3.63) is 23.4 Å². The van der Waals surface area contributed by atoms with E-state index in [1.54, 1.807) is 18.0 Å². The lowest BCUT2D eigenvalue weighted by molar-refractivity contribution is 0.590. The lowest BCUT2D eigenvalue weighted by Crippen LogP contribution is -2.28. The molecular weight excluding hydrogens is 228 g/mol. The van der Waals surface area contributed by atoms with Crippen molar-refractivity contribution in [1.29, 1.82) is 0 Å². The molecule has 1 atom stereocenters. The fourth-order valence-corrected chi connectivity index (χ4v) is 2.05. The third-order valence-electron chi connectivity index (χ3n) is 1.92. The molecule has 0 radical (unpaired) electrons. The van der Waals surface area contributed by atoms with Crippen LogP contribution in [0.25, 0.3) is 0 Å². The van der Waals surface area contributed by atoms with Gasteiger partial charge in [0.2, 0.25) is 0 Å². The lowest BCUT2D eigenvalue weighted by atomic mass is 10.3. The zero-order chi connectivity index (χ0) is 11.1. The molecule has 1 unspecified atom stereocenters. The Bertz CT molecular complexity index is 276. The highest BCUT2D eigenvalue weighted by Crippen LogP contribution is 2.17. The van der Waals surface area contributed by atoms with Gasteiger partial charge < -0.3 is 5.32 Å². The normalized spacial score (nSPS) is 12.7. The van der Waals surface area contributed by atoms with Gasteiger partial charge >= 0.3 is 0 Å². The average Bonchev–Trinajstić information content (AvgIpc) is 2.25. The van der Waals surface area contributed by atoms with Crippen LogP contribution in [0.3, 0.4) is 0 Å². The number of aromatic nitrogens is 1. The molecule has 0 spiro atoms. The van der Waals surface area contributed by atoms with E-state index in [1.165, 1.54) is 6.42 Å². The van der Waals surface area contributed by atoms with Gasteiger partial charge in [-0.2, -0.15) is 0 Å². The van der Waals surface area contributed by atoms with Crippen LogP contribution in [0.2, 0.25) is 5.02 Å². The SMILES string of the molecule is CCCNC(C)CSc1ccc(Cl)cn1. The molecule has 0 saturated heterocycles. The molecule has 0 fully saturated rings. The summed E-state index contributed by atoms with van der Waals surface area (Å²) in [5, 5.41) is 5.16. The minimum atomic E-state index is 0.521. The van der Waals surface area contributed by atoms with Gasteiger partial charge in [0.25, 0.3) is 0 Å². The van der Waals surface area contributed by atoms with Gasteiger partial charge in [-0.15, -0.1) is 11.8 Å². The molecule has 1 N–H and O–H groups in total. The molecule has 0 aliphatic carbocycles. The van der Waals surface area contributed by atoms with E-state index in [0.29, 0.717) is 11.1 Å². The molecule has 1 aromatic heterocycles. The van der Waals surface area contributed by atoms with E-state index in [2.05, 4.69) is 24.1 Å². The second-order valence-electron chi connectivity index (χ2n) is 3.48. The Morgan fingerprint density at radius 1 is 1.53 bits per heavy atom. The molecular formula is C11H17ClN2S. The molecule has 84 valence electrons. The fourth-order valence-electron chi connectivity index (χ4n) is 1.11. The van der Waals surface area contributed by atoms with Crippen molar-refractivity contribution in [2.75, 3.05) is 12.3 Å². The molecule has 15 heavy (non-hydrogen) atoms. The van der Waals surface area contributed by atoms with Gasteiger partial charge in [-0.25, -0.2) is 4.98 Å². The smallest absolute Gasteiger partial charge is 0.0961 e. The fraction of sp³-hybridized carbons (Fsp3) is 0.545. The standard InChI is InChI=1S/C11H17ClN2S/c1-3-6-13-9(2)8-15-11-5-4-10(12)7-14-11/h4-5,7,9,13H,3,6,8H2,1-2H3. The van der Waals surface area contributed by atoms with Crippen molar-refractivity contribution < 1.29 is 0 Å². The van der Waals surface area contributed by atoms with Gasteiger partial charge in [0, 0.05) is 18.0 Å². The number of nitrogens with one attached hydrogen (secondary N) is 1. The molecule has 0 bridgehead atoms. The average molecular weight is 245 g/mol. The van der Waals surface area contributed by atoms with Gasteiger partial charge in [0.05, 0.1) is 10.0 Å². The Labute approximate surface area is 101 Å². The van der Waals surface area contributed by atoms with Crippen LogP contribution in [-0.4, -0.2) is 23.3 Å². The number of thioether (sulfide) groups is 1. The summed E-state index contributed by atoms with van der Waals surface area (Å²) >= 11 is 7.51. The summed E-state index contributed by atoms with van der Waals surface area (Å²) in [5.74, 6) is 1.04. The zero-order valence-electron chi connectivity index (χ0n) is 9.16. The molecule has 0 aliphatic heterocycles. The maximum atomic E-state index is 5.76. The number of pyridine rings is 1. The van der Waals surface area contributed by atoms with Crippen LogP contribution in [0.15, 0.2) is 23.4 Å². The maximum Gasteiger partial charge on any atom is 0.0961 e. The summed E-state index contributed by atoms with van der Waals surface area (Å²) in [7, 11) is 0. The number of halogens is 1. The first-order valence-electron chi connectivity index (χ1n) is 5.20. The number of nitrogens with zero attached hydrogens (tertiary/aromatic N) is 1. The molecule has 1 heterocycles. The van der Waals surface area contributed by atoms with Crippen molar-refractivity contribution >= 4 is 23.4 Å². The Morgan fingerprint density at radius 3 is 2.93 bits per heavy atom. The van der Waals surface area contributed by atoms with Crippen molar-refractivity contribution in [2.24, 2.45) is 0 Å². The minimum absolute atomic E-state index is 0.521. The van der Waals surface area contributed by atoms with E-state index < -0.39 is 0 Å². The molecule has 0 aromatic carbocycles. The molecule has 2 nitrogen and oxygen atoms in total. The first-order chi connectivity index (χ1) is 7.22. The molecule has 4 heteroatoms. The van der Waals surface area contributed by atoms with E-state index in [9.17, 15) is 0 Å². The van der Waals surface area contributed by atoms with Crippen LogP contribution < -0.4 is 5.32 Å². The van der Waals surface area contributed by atoms with Crippen molar-refractivity contribution in [3.63, 3.8) is 0 Å². The highest BCUT2D eigenvalue weighted by molar-refractivity contribution is 7.99. The molecule has 1 aromatic rings. The number of hydrogen-bond donors (Lipinski definition) is 1. The van der Waals surface area contributed by atoms with Gasteiger partial charge in [0.1, 0.15) is 0 Å². The molecule has 1 rings (SSSR count). The van der Waals surface area contributed by atoms with Gasteiger partial charge in [0.15, 0.2) is 0 Å². The van der Waals surface area contributed by atoms with Crippen LogP contribution >= 0.6 is 23.4 Å². The maximum absolute atomic E-state index is 5.76. The van der Waals surface area contributed by atoms with Crippen molar-refractivity contribution in [1.82, 2.24) is 10.3 Å². The van der Waals surface area contributed by atoms with Crippen molar-refractivity contribution in [2.45, 2.75) is 31.3 Å². The van der Waals surface area contributed by atoms with Gasteiger partial charge in [-0.3, -0.25) is 0 Å². The Kier molecular flexibility index (Phi) is 6.06. The van der Waals surface area contributed by atoms with E-state index in [-0.39, 0.29) is 0 Å². The van der Waals surface area contributed by atoms with Crippen molar-refractivity contribution in [3.8, 4) is 0 Å². The van der Waals surface area contributed by atoms with Gasteiger partial charge in [-0.05, 0) is 32.0 Å². The second kappa shape index (κ2) is 7.09. The van der Waals surface area contributed by atoms with Crippen LogP contribution in [0.1, 0.15) is 20.3 Å². The third kappa shape index (κ3) is 5.40. The van der Waals surface area contributed by atoms with Crippen LogP contribution in [0.5, 0.6) is 0 Å². The first-order valence-corrected chi connectivity index (χ1v) is 6.56. The summed E-state index contributed by atoms with van der Waals surface area (Å²) in [6.45, 7) is 5.45. The quantitative estimate of drug-likeness (QED) is 0.778. The highest BCUT2D eigenvalue weighted by atomic mass is 35.5. The molecule has 0 amide bonds. The largest absolute Gasteiger partial charge is 0.313 e. The van der Waals surface area contributed by atoms with Crippen LogP contribution in [0, 0.1) is 0 Å². The summed E-state index contributed by atoms with van der Waals surface area (Å²) in [5.41, 5.74) is 0. The topological polar surface area (TPSA) is 24.9 Å². The second-order valence-corrected chi connectivity index (χ2v) is 4.96. The van der Waals surface area contributed by atoms with Crippen LogP contribution in [0.4, 0.5) is 0 Å². The summed E-state index contributed by atoms with van der Waals surface area (Å²) in [6, 6.07) is 4.35. The van der Waals surface area contributed by atoms with E-state index in [1.807, 2.05) is 12.1 Å². The summed E-state index contributed by atoms with van der Waals surface area (Å²) in [4.78, 5) is 4.23. The monoisotopic (exact) mass is 244 g/mol. The zero-order valence-corrected chi connectivity index (χ0v) is 10.7. The third-order valence-corrected chi connectivity index (χ3v) is 3.35. The molecule has 0 aliphatic rings. The van der Waals surface area contributed by atoms with E-state index in [0.717, 1.165) is 17.3 Å². The number of rotatable bonds is 6. The number of hydrogen-bond acceptors (Lipinski definition) is 3. The minimum Gasteiger partial charge on any atom is -0.313 e. The Morgan fingerprint density at radius 2 is 2.33 bits per heavy atom. The van der Waals surface area contributed by atoms with Crippen LogP contribution in [-0.2, 0) is 0 Å².